The van der Waals surface area contributed by atoms with E-state index in [1.807, 2.05) is 0 Å². The van der Waals surface area contributed by atoms with Crippen LogP contribution in [0.1, 0.15) is 0 Å². The highest BCUT2D eigenvalue weighted by Gasteiger charge is 2.03. The molecule has 0 amide bonds. The molecule has 0 atom stereocenters. The van der Waals surface area contributed by atoms with Gasteiger partial charge in [-0.1, -0.05) is 0 Å². The molecule has 0 saturated carbocycles. The van der Waals surface area contributed by atoms with Gasteiger partial charge in [0.1, 0.15) is 5.65 Å². The van der Waals surface area contributed by atoms with Gasteiger partial charge in [0, 0.05) is 18.5 Å². The van der Waals surface area contributed by atoms with Crippen LogP contribution in [0.2, 0.25) is 0 Å². The number of hydrogen-bond donors (Lipinski definition) is 1. The fourth-order valence-corrected chi connectivity index (χ4v) is 1.49. The maximum Gasteiger partial charge on any atom is 0.283 e. The molecule has 0 fully saturated rings. The van der Waals surface area contributed by atoms with E-state index in [0.717, 1.165) is 5.52 Å². The molecule has 0 bridgehead atoms. The van der Waals surface area contributed by atoms with Gasteiger partial charge in [-0.3, -0.25) is 9.78 Å². The lowest BCUT2D eigenvalue weighted by Gasteiger charge is -1.97. The standard InChI is InChI=1S/C9H6N4O/c14-9-6-5-10-3-1-7(6)12-8-2-4-11-13(8)9/h1-5,12H. The van der Waals surface area contributed by atoms with Gasteiger partial charge >= 0.3 is 0 Å². The van der Waals surface area contributed by atoms with Gasteiger partial charge in [0.15, 0.2) is 0 Å². The number of H-pyrrole nitrogens is 1. The molecular weight excluding hydrogens is 180 g/mol. The second-order valence-electron chi connectivity index (χ2n) is 2.98. The van der Waals surface area contributed by atoms with Crippen LogP contribution in [0, 0.1) is 0 Å². The summed E-state index contributed by atoms with van der Waals surface area (Å²) < 4.78 is 1.32. The van der Waals surface area contributed by atoms with E-state index >= 15 is 0 Å². The smallest absolute Gasteiger partial charge is 0.283 e. The van der Waals surface area contributed by atoms with Crippen LogP contribution >= 0.6 is 0 Å². The molecule has 0 aliphatic carbocycles. The van der Waals surface area contributed by atoms with Crippen molar-refractivity contribution < 1.29 is 0 Å². The topological polar surface area (TPSA) is 63.0 Å². The summed E-state index contributed by atoms with van der Waals surface area (Å²) in [7, 11) is 0. The van der Waals surface area contributed by atoms with Gasteiger partial charge in [-0.2, -0.15) is 9.61 Å². The molecule has 1 N–H and O–H groups in total. The molecule has 3 rings (SSSR count). The SMILES string of the molecule is O=c1c2cnccc2[nH]c2ccnn12. The lowest BCUT2D eigenvalue weighted by Crippen LogP contribution is -2.15. The Bertz CT molecular complexity index is 667. The van der Waals surface area contributed by atoms with Gasteiger partial charge in [0.05, 0.1) is 17.1 Å². The van der Waals surface area contributed by atoms with Gasteiger partial charge < -0.3 is 4.98 Å². The first kappa shape index (κ1) is 7.25. The molecule has 0 aliphatic rings. The quantitative estimate of drug-likeness (QED) is 0.558. The summed E-state index contributed by atoms with van der Waals surface area (Å²) in [5, 5.41) is 4.46. The fourth-order valence-electron chi connectivity index (χ4n) is 1.49. The third-order valence-corrected chi connectivity index (χ3v) is 2.15. The molecule has 5 heteroatoms. The van der Waals surface area contributed by atoms with E-state index in [0.29, 0.717) is 11.0 Å². The molecule has 14 heavy (non-hydrogen) atoms. The maximum absolute atomic E-state index is 11.8. The largest absolute Gasteiger partial charge is 0.339 e. The van der Waals surface area contributed by atoms with Crippen LogP contribution in [-0.2, 0) is 0 Å². The Morgan fingerprint density at radius 3 is 3.14 bits per heavy atom. The molecule has 0 spiro atoms. The molecule has 0 saturated heterocycles. The van der Waals surface area contributed by atoms with Crippen molar-refractivity contribution in [3.8, 4) is 0 Å². The summed E-state index contributed by atoms with van der Waals surface area (Å²) in [5.74, 6) is 0. The van der Waals surface area contributed by atoms with Crippen LogP contribution in [-0.4, -0.2) is 19.6 Å². The van der Waals surface area contributed by atoms with Crippen molar-refractivity contribution in [2.45, 2.75) is 0 Å². The van der Waals surface area contributed by atoms with E-state index in [1.165, 1.54) is 10.7 Å². The Morgan fingerprint density at radius 2 is 2.21 bits per heavy atom. The second kappa shape index (κ2) is 2.41. The molecule has 0 aromatic carbocycles. The first-order valence-electron chi connectivity index (χ1n) is 4.16. The summed E-state index contributed by atoms with van der Waals surface area (Å²) in [6, 6.07) is 3.52. The summed E-state index contributed by atoms with van der Waals surface area (Å²) >= 11 is 0. The molecule has 3 aromatic heterocycles. The van der Waals surface area contributed by atoms with Gasteiger partial charge in [0.2, 0.25) is 0 Å². The molecule has 3 heterocycles. The van der Waals surface area contributed by atoms with E-state index in [4.69, 9.17) is 0 Å². The molecule has 0 unspecified atom stereocenters. The van der Waals surface area contributed by atoms with Gasteiger partial charge in [-0.05, 0) is 6.07 Å². The third-order valence-electron chi connectivity index (χ3n) is 2.15. The van der Waals surface area contributed by atoms with Crippen molar-refractivity contribution in [3.63, 3.8) is 0 Å². The lowest BCUT2D eigenvalue weighted by molar-refractivity contribution is 0.914. The fraction of sp³-hybridized carbons (Fsp3) is 0. The van der Waals surface area contributed by atoms with Gasteiger partial charge in [-0.15, -0.1) is 0 Å². The number of fused-ring (bicyclic) bond motifs is 2. The minimum Gasteiger partial charge on any atom is -0.339 e. The van der Waals surface area contributed by atoms with Crippen molar-refractivity contribution in [3.05, 3.63) is 41.1 Å². The minimum atomic E-state index is -0.146. The Labute approximate surface area is 78.0 Å². The highest BCUT2D eigenvalue weighted by Crippen LogP contribution is 2.05. The van der Waals surface area contributed by atoms with Crippen LogP contribution in [0.3, 0.4) is 0 Å². The predicted octanol–water partition coefficient (Wildman–Crippen LogP) is 0.571. The normalized spacial score (nSPS) is 11.1. The minimum absolute atomic E-state index is 0.146. The molecule has 0 radical (unpaired) electrons. The lowest BCUT2D eigenvalue weighted by atomic mass is 10.3. The summed E-state index contributed by atoms with van der Waals surface area (Å²) in [4.78, 5) is 18.8. The van der Waals surface area contributed by atoms with Crippen LogP contribution in [0.4, 0.5) is 0 Å². The van der Waals surface area contributed by atoms with E-state index in [9.17, 15) is 4.79 Å². The van der Waals surface area contributed by atoms with Gasteiger partial charge in [0.25, 0.3) is 5.56 Å². The average molecular weight is 186 g/mol. The Hall–Kier alpha value is -2.17. The third kappa shape index (κ3) is 0.806. The second-order valence-corrected chi connectivity index (χ2v) is 2.98. The molecule has 68 valence electrons. The average Bonchev–Trinajstić information content (AvgIpc) is 2.66. The zero-order chi connectivity index (χ0) is 9.54. The van der Waals surface area contributed by atoms with Crippen molar-refractivity contribution in [1.29, 1.82) is 0 Å². The van der Waals surface area contributed by atoms with E-state index in [1.54, 1.807) is 24.5 Å². The summed E-state index contributed by atoms with van der Waals surface area (Å²) in [6.07, 6.45) is 4.76. The first-order chi connectivity index (χ1) is 6.86. The number of pyridine rings is 1. The zero-order valence-electron chi connectivity index (χ0n) is 7.14. The first-order valence-corrected chi connectivity index (χ1v) is 4.16. The zero-order valence-corrected chi connectivity index (χ0v) is 7.14. The molecule has 5 nitrogen and oxygen atoms in total. The maximum atomic E-state index is 11.8. The molecule has 3 aromatic rings. The number of nitrogens with one attached hydrogen (secondary N) is 1. The van der Waals surface area contributed by atoms with Crippen molar-refractivity contribution in [1.82, 2.24) is 19.6 Å². The number of aromatic amines is 1. The highest BCUT2D eigenvalue weighted by molar-refractivity contribution is 5.78. The number of aromatic nitrogens is 4. The van der Waals surface area contributed by atoms with E-state index in [2.05, 4.69) is 15.1 Å². The Kier molecular flexibility index (Phi) is 1.25. The summed E-state index contributed by atoms with van der Waals surface area (Å²) in [5.41, 5.74) is 1.32. The van der Waals surface area contributed by atoms with Crippen molar-refractivity contribution >= 4 is 16.6 Å². The van der Waals surface area contributed by atoms with Crippen molar-refractivity contribution in [2.75, 3.05) is 0 Å². The van der Waals surface area contributed by atoms with Crippen molar-refractivity contribution in [2.24, 2.45) is 0 Å². The van der Waals surface area contributed by atoms with Gasteiger partial charge in [-0.25, -0.2) is 0 Å². The van der Waals surface area contributed by atoms with Crippen LogP contribution in [0.5, 0.6) is 0 Å². The van der Waals surface area contributed by atoms with Crippen LogP contribution < -0.4 is 5.56 Å². The van der Waals surface area contributed by atoms with E-state index < -0.39 is 0 Å². The monoisotopic (exact) mass is 186 g/mol. The number of hydrogen-bond acceptors (Lipinski definition) is 3. The highest BCUT2D eigenvalue weighted by atomic mass is 16.1. The molecular formula is C9H6N4O. The Morgan fingerprint density at radius 1 is 1.29 bits per heavy atom. The number of rotatable bonds is 0. The summed E-state index contributed by atoms with van der Waals surface area (Å²) in [6.45, 7) is 0. The molecule has 0 aliphatic heterocycles. The van der Waals surface area contributed by atoms with Crippen LogP contribution in [0.15, 0.2) is 35.5 Å². The number of nitrogens with zero attached hydrogens (tertiary/aromatic N) is 3. The Balaban J connectivity index is 2.70. The van der Waals surface area contributed by atoms with Crippen LogP contribution in [0.25, 0.3) is 16.6 Å². The van der Waals surface area contributed by atoms with E-state index in [-0.39, 0.29) is 5.56 Å². The predicted molar refractivity (Wildman–Crippen MR) is 51.1 cm³/mol.